The Bertz CT molecular complexity index is 427. The highest BCUT2D eigenvalue weighted by atomic mass is 16.5. The highest BCUT2D eigenvalue weighted by Crippen LogP contribution is 2.41. The minimum absolute atomic E-state index is 0.157. The summed E-state index contributed by atoms with van der Waals surface area (Å²) in [6.07, 6.45) is 1.98. The molecular weight excluding hydrogens is 234 g/mol. The molecule has 1 atom stereocenters. The first-order valence-electron chi connectivity index (χ1n) is 5.70. The van der Waals surface area contributed by atoms with Crippen LogP contribution in [0.3, 0.4) is 0 Å². The van der Waals surface area contributed by atoms with Crippen molar-refractivity contribution in [2.24, 2.45) is 5.73 Å². The van der Waals surface area contributed by atoms with E-state index in [4.69, 9.17) is 25.1 Å². The number of methoxy groups -OCH3 is 2. The second-order valence-corrected chi connectivity index (χ2v) is 4.03. The second kappa shape index (κ2) is 6.26. The molecule has 0 aromatic heterocycles. The van der Waals surface area contributed by atoms with Crippen molar-refractivity contribution in [2.45, 2.75) is 25.8 Å². The lowest BCUT2D eigenvalue weighted by Crippen LogP contribution is -2.05. The molecule has 100 valence electrons. The summed E-state index contributed by atoms with van der Waals surface area (Å²) in [5.74, 6) is 0.804. The Morgan fingerprint density at radius 3 is 2.50 bits per heavy atom. The Kier molecular flexibility index (Phi) is 4.97. The van der Waals surface area contributed by atoms with Gasteiger partial charge in [0, 0.05) is 18.5 Å². The van der Waals surface area contributed by atoms with E-state index in [1.165, 1.54) is 11.1 Å². The fraction of sp³-hybridized carbons (Fsp3) is 0.462. The molecule has 1 aliphatic rings. The summed E-state index contributed by atoms with van der Waals surface area (Å²) in [5, 5.41) is 7.42. The Hall–Kier alpha value is -1.75. The number of carboxylic acid groups (broad SMARTS) is 1. The lowest BCUT2D eigenvalue weighted by atomic mass is 10.1. The third kappa shape index (κ3) is 3.13. The molecule has 0 aliphatic heterocycles. The van der Waals surface area contributed by atoms with Crippen molar-refractivity contribution in [3.63, 3.8) is 0 Å². The van der Waals surface area contributed by atoms with E-state index < -0.39 is 5.97 Å². The SMILES string of the molecule is CC(=O)O.COc1ccc2c(c1OC)CCC2N. The van der Waals surface area contributed by atoms with Crippen molar-refractivity contribution in [1.29, 1.82) is 0 Å². The van der Waals surface area contributed by atoms with E-state index in [2.05, 4.69) is 0 Å². The quantitative estimate of drug-likeness (QED) is 0.839. The van der Waals surface area contributed by atoms with Gasteiger partial charge in [-0.2, -0.15) is 0 Å². The zero-order valence-corrected chi connectivity index (χ0v) is 10.9. The first kappa shape index (κ1) is 14.3. The molecule has 0 heterocycles. The van der Waals surface area contributed by atoms with E-state index in [1.807, 2.05) is 12.1 Å². The zero-order valence-electron chi connectivity index (χ0n) is 10.9. The first-order valence-corrected chi connectivity index (χ1v) is 5.70. The average Bonchev–Trinajstić information content (AvgIpc) is 2.69. The van der Waals surface area contributed by atoms with Gasteiger partial charge in [-0.15, -0.1) is 0 Å². The van der Waals surface area contributed by atoms with E-state index in [1.54, 1.807) is 14.2 Å². The maximum absolute atomic E-state index is 9.00. The summed E-state index contributed by atoms with van der Waals surface area (Å²) in [6.45, 7) is 1.08. The fourth-order valence-corrected chi connectivity index (χ4v) is 2.07. The van der Waals surface area contributed by atoms with Crippen LogP contribution < -0.4 is 15.2 Å². The predicted octanol–water partition coefficient (Wildman–Crippen LogP) is 1.74. The van der Waals surface area contributed by atoms with Crippen molar-refractivity contribution >= 4 is 5.97 Å². The van der Waals surface area contributed by atoms with Gasteiger partial charge in [0.2, 0.25) is 0 Å². The van der Waals surface area contributed by atoms with Gasteiger partial charge in [0.25, 0.3) is 5.97 Å². The fourth-order valence-electron chi connectivity index (χ4n) is 2.07. The molecule has 0 bridgehead atoms. The number of carboxylic acids is 1. The van der Waals surface area contributed by atoms with Crippen LogP contribution in [0.4, 0.5) is 0 Å². The summed E-state index contributed by atoms with van der Waals surface area (Å²) in [6, 6.07) is 4.11. The Morgan fingerprint density at radius 1 is 1.39 bits per heavy atom. The van der Waals surface area contributed by atoms with Gasteiger partial charge in [-0.3, -0.25) is 4.79 Å². The van der Waals surface area contributed by atoms with Crippen LogP contribution in [-0.4, -0.2) is 25.3 Å². The summed E-state index contributed by atoms with van der Waals surface area (Å²) in [5.41, 5.74) is 8.37. The molecule has 5 heteroatoms. The van der Waals surface area contributed by atoms with E-state index >= 15 is 0 Å². The van der Waals surface area contributed by atoms with Gasteiger partial charge in [0.15, 0.2) is 11.5 Å². The van der Waals surface area contributed by atoms with Gasteiger partial charge >= 0.3 is 0 Å². The molecule has 1 unspecified atom stereocenters. The van der Waals surface area contributed by atoms with E-state index in [9.17, 15) is 0 Å². The van der Waals surface area contributed by atoms with Crippen LogP contribution in [0.15, 0.2) is 12.1 Å². The summed E-state index contributed by atoms with van der Waals surface area (Å²) >= 11 is 0. The second-order valence-electron chi connectivity index (χ2n) is 4.03. The molecule has 5 nitrogen and oxygen atoms in total. The number of rotatable bonds is 2. The molecule has 0 radical (unpaired) electrons. The summed E-state index contributed by atoms with van der Waals surface area (Å²) in [7, 11) is 3.32. The van der Waals surface area contributed by atoms with Gasteiger partial charge in [0.1, 0.15) is 0 Å². The number of carbonyl (C=O) groups is 1. The molecule has 0 amide bonds. The van der Waals surface area contributed by atoms with Crippen molar-refractivity contribution in [3.05, 3.63) is 23.3 Å². The van der Waals surface area contributed by atoms with Crippen LogP contribution in [0, 0.1) is 0 Å². The third-order valence-electron chi connectivity index (χ3n) is 2.79. The van der Waals surface area contributed by atoms with Crippen molar-refractivity contribution in [3.8, 4) is 11.5 Å². The Morgan fingerprint density at radius 2 is 2.00 bits per heavy atom. The van der Waals surface area contributed by atoms with E-state index in [0.29, 0.717) is 0 Å². The van der Waals surface area contributed by atoms with Crippen LogP contribution in [0.25, 0.3) is 0 Å². The number of hydrogen-bond donors (Lipinski definition) is 2. The van der Waals surface area contributed by atoms with Crippen molar-refractivity contribution in [2.75, 3.05) is 14.2 Å². The summed E-state index contributed by atoms with van der Waals surface area (Å²) < 4.78 is 10.6. The molecule has 1 aromatic carbocycles. The maximum Gasteiger partial charge on any atom is 0.300 e. The molecule has 0 fully saturated rings. The average molecular weight is 253 g/mol. The summed E-state index contributed by atoms with van der Waals surface area (Å²) in [4.78, 5) is 9.00. The zero-order chi connectivity index (χ0) is 13.7. The number of ether oxygens (including phenoxy) is 2. The standard InChI is InChI=1S/C11H15NO2.C2H4O2/c1-13-10-6-4-7-8(11(10)14-2)3-5-9(7)12;1-2(3)4/h4,6,9H,3,5,12H2,1-2H3;1H3,(H,3,4). The topological polar surface area (TPSA) is 81.8 Å². The van der Waals surface area contributed by atoms with Crippen LogP contribution in [0.2, 0.25) is 0 Å². The van der Waals surface area contributed by atoms with E-state index in [-0.39, 0.29) is 6.04 Å². The number of aliphatic carboxylic acids is 1. The molecule has 18 heavy (non-hydrogen) atoms. The van der Waals surface area contributed by atoms with Crippen LogP contribution in [0.1, 0.15) is 30.5 Å². The maximum atomic E-state index is 9.00. The minimum Gasteiger partial charge on any atom is -0.493 e. The van der Waals surface area contributed by atoms with Gasteiger partial charge in [-0.05, 0) is 24.5 Å². The van der Waals surface area contributed by atoms with Gasteiger partial charge in [-0.25, -0.2) is 0 Å². The first-order chi connectivity index (χ1) is 8.51. The van der Waals surface area contributed by atoms with Crippen LogP contribution >= 0.6 is 0 Å². The smallest absolute Gasteiger partial charge is 0.300 e. The number of nitrogens with two attached hydrogens (primary N) is 1. The Balaban J connectivity index is 0.000000357. The molecule has 3 N–H and O–H groups in total. The van der Waals surface area contributed by atoms with Gasteiger partial charge < -0.3 is 20.3 Å². The van der Waals surface area contributed by atoms with Crippen LogP contribution in [-0.2, 0) is 11.2 Å². The predicted molar refractivity (Wildman–Crippen MR) is 68.1 cm³/mol. The third-order valence-corrected chi connectivity index (χ3v) is 2.79. The Labute approximate surface area is 107 Å². The minimum atomic E-state index is -0.833. The van der Waals surface area contributed by atoms with Crippen molar-refractivity contribution < 1.29 is 19.4 Å². The molecular formula is C13H19NO4. The molecule has 0 saturated heterocycles. The van der Waals surface area contributed by atoms with E-state index in [0.717, 1.165) is 31.3 Å². The lowest BCUT2D eigenvalue weighted by Gasteiger charge is -2.12. The highest BCUT2D eigenvalue weighted by molar-refractivity contribution is 5.63. The number of benzene rings is 1. The number of hydrogen-bond acceptors (Lipinski definition) is 4. The largest absolute Gasteiger partial charge is 0.493 e. The molecule has 1 aliphatic carbocycles. The normalized spacial score (nSPS) is 16.3. The molecule has 0 spiro atoms. The number of fused-ring (bicyclic) bond motifs is 1. The monoisotopic (exact) mass is 253 g/mol. The van der Waals surface area contributed by atoms with Gasteiger partial charge in [-0.1, -0.05) is 6.07 Å². The van der Waals surface area contributed by atoms with Crippen LogP contribution in [0.5, 0.6) is 11.5 Å². The molecule has 2 rings (SSSR count). The molecule has 0 saturated carbocycles. The van der Waals surface area contributed by atoms with Crippen molar-refractivity contribution in [1.82, 2.24) is 0 Å². The molecule has 1 aromatic rings. The van der Waals surface area contributed by atoms with Gasteiger partial charge in [0.05, 0.1) is 14.2 Å². The lowest BCUT2D eigenvalue weighted by molar-refractivity contribution is -0.134. The highest BCUT2D eigenvalue weighted by Gasteiger charge is 2.24.